The van der Waals surface area contributed by atoms with Gasteiger partial charge in [0.05, 0.1) is 10.7 Å². The second-order valence-corrected chi connectivity index (χ2v) is 6.93. The van der Waals surface area contributed by atoms with Crippen LogP contribution in [0.15, 0.2) is 16.6 Å². The van der Waals surface area contributed by atoms with Gasteiger partial charge < -0.3 is 5.32 Å². The molecule has 0 aromatic heterocycles. The normalized spacial score (nSPS) is 21.4. The summed E-state index contributed by atoms with van der Waals surface area (Å²) in [5, 5.41) is 3.02. The van der Waals surface area contributed by atoms with Crippen LogP contribution >= 0.6 is 27.5 Å². The van der Waals surface area contributed by atoms with E-state index in [1.54, 1.807) is 0 Å². The van der Waals surface area contributed by atoms with Crippen LogP contribution in [0.4, 0.5) is 10.1 Å². The van der Waals surface area contributed by atoms with Crippen LogP contribution in [0, 0.1) is 17.2 Å². The lowest BCUT2D eigenvalue weighted by molar-refractivity contribution is -0.122. The smallest absolute Gasteiger partial charge is 0.228 e. The minimum Gasteiger partial charge on any atom is -0.324 e. The second-order valence-electron chi connectivity index (χ2n) is 5.67. The third kappa shape index (κ3) is 3.11. The van der Waals surface area contributed by atoms with Gasteiger partial charge in [0, 0.05) is 10.4 Å². The van der Waals surface area contributed by atoms with Gasteiger partial charge in [-0.3, -0.25) is 4.79 Å². The molecular formula is C14H16BrClFNO. The molecule has 0 spiro atoms. The van der Waals surface area contributed by atoms with Crippen molar-refractivity contribution in [2.45, 2.75) is 33.1 Å². The molecule has 19 heavy (non-hydrogen) atoms. The van der Waals surface area contributed by atoms with Gasteiger partial charge in [-0.2, -0.15) is 0 Å². The highest BCUT2D eigenvalue weighted by Gasteiger charge is 2.39. The van der Waals surface area contributed by atoms with Gasteiger partial charge in [-0.25, -0.2) is 4.39 Å². The van der Waals surface area contributed by atoms with Crippen LogP contribution in [0.2, 0.25) is 5.02 Å². The molecule has 0 bridgehead atoms. The average Bonchev–Trinajstić information content (AvgIpc) is 2.63. The van der Waals surface area contributed by atoms with E-state index in [0.717, 1.165) is 19.3 Å². The number of carbonyl (C=O) groups excluding carboxylic acids is 1. The maximum atomic E-state index is 13.1. The summed E-state index contributed by atoms with van der Waals surface area (Å²) in [5.74, 6) is -0.506. The SMILES string of the molecule is CC1(C)CCCC1C(=O)Nc1c(Cl)cc(F)cc1Br. The molecule has 1 unspecified atom stereocenters. The van der Waals surface area contributed by atoms with Gasteiger partial charge in [0.15, 0.2) is 0 Å². The quantitative estimate of drug-likeness (QED) is 0.800. The first-order chi connectivity index (χ1) is 8.81. The van der Waals surface area contributed by atoms with E-state index in [-0.39, 0.29) is 22.3 Å². The van der Waals surface area contributed by atoms with Crippen LogP contribution in [-0.4, -0.2) is 5.91 Å². The highest BCUT2D eigenvalue weighted by Crippen LogP contribution is 2.43. The fourth-order valence-corrected chi connectivity index (χ4v) is 3.58. The lowest BCUT2D eigenvalue weighted by Gasteiger charge is -2.26. The van der Waals surface area contributed by atoms with Crippen molar-refractivity contribution in [3.05, 3.63) is 27.4 Å². The highest BCUT2D eigenvalue weighted by atomic mass is 79.9. The van der Waals surface area contributed by atoms with Crippen LogP contribution in [0.3, 0.4) is 0 Å². The zero-order valence-electron chi connectivity index (χ0n) is 10.9. The minimum atomic E-state index is -0.434. The van der Waals surface area contributed by atoms with Crippen molar-refractivity contribution in [1.29, 1.82) is 0 Å². The third-order valence-corrected chi connectivity index (χ3v) is 4.75. The van der Waals surface area contributed by atoms with Crippen molar-refractivity contribution in [3.8, 4) is 0 Å². The van der Waals surface area contributed by atoms with Crippen molar-refractivity contribution < 1.29 is 9.18 Å². The van der Waals surface area contributed by atoms with Gasteiger partial charge in [-0.1, -0.05) is 31.9 Å². The van der Waals surface area contributed by atoms with Crippen LogP contribution < -0.4 is 5.32 Å². The number of nitrogens with one attached hydrogen (secondary N) is 1. The molecule has 2 rings (SSSR count). The van der Waals surface area contributed by atoms with Gasteiger partial charge in [0.25, 0.3) is 0 Å². The Morgan fingerprint density at radius 2 is 2.21 bits per heavy atom. The molecule has 0 aliphatic heterocycles. The molecule has 1 fully saturated rings. The van der Waals surface area contributed by atoms with E-state index in [4.69, 9.17) is 11.6 Å². The molecular weight excluding hydrogens is 333 g/mol. The van der Waals surface area contributed by atoms with E-state index in [1.807, 2.05) is 0 Å². The summed E-state index contributed by atoms with van der Waals surface area (Å²) in [4.78, 5) is 12.3. The summed E-state index contributed by atoms with van der Waals surface area (Å²) in [5.41, 5.74) is 0.444. The van der Waals surface area contributed by atoms with E-state index >= 15 is 0 Å². The maximum absolute atomic E-state index is 13.1. The number of hydrogen-bond donors (Lipinski definition) is 1. The van der Waals surface area contributed by atoms with Gasteiger partial charge >= 0.3 is 0 Å². The van der Waals surface area contributed by atoms with Crippen LogP contribution in [0.25, 0.3) is 0 Å². The molecule has 1 N–H and O–H groups in total. The van der Waals surface area contributed by atoms with Gasteiger partial charge in [-0.15, -0.1) is 0 Å². The molecule has 1 saturated carbocycles. The van der Waals surface area contributed by atoms with Gasteiger partial charge in [0.1, 0.15) is 5.82 Å². The predicted octanol–water partition coefficient (Wildman–Crippen LogP) is 5.01. The summed E-state index contributed by atoms with van der Waals surface area (Å²) in [6.45, 7) is 4.21. The van der Waals surface area contributed by atoms with Crippen LogP contribution in [0.1, 0.15) is 33.1 Å². The van der Waals surface area contributed by atoms with Gasteiger partial charge in [-0.05, 0) is 46.3 Å². The zero-order chi connectivity index (χ0) is 14.2. The number of benzene rings is 1. The Morgan fingerprint density at radius 3 is 2.74 bits per heavy atom. The molecule has 1 aliphatic carbocycles. The summed E-state index contributed by atoms with van der Waals surface area (Å²) in [6.07, 6.45) is 2.99. The molecule has 5 heteroatoms. The summed E-state index contributed by atoms with van der Waals surface area (Å²) >= 11 is 9.20. The molecule has 1 atom stereocenters. The number of rotatable bonds is 2. The zero-order valence-corrected chi connectivity index (χ0v) is 13.2. The van der Waals surface area contributed by atoms with E-state index in [9.17, 15) is 9.18 Å². The van der Waals surface area contributed by atoms with E-state index in [1.165, 1.54) is 12.1 Å². The van der Waals surface area contributed by atoms with Crippen molar-refractivity contribution in [1.82, 2.24) is 0 Å². The van der Waals surface area contributed by atoms with Crippen LogP contribution in [0.5, 0.6) is 0 Å². The summed E-state index contributed by atoms with van der Waals surface area (Å²) in [6, 6.07) is 2.49. The highest BCUT2D eigenvalue weighted by molar-refractivity contribution is 9.10. The van der Waals surface area contributed by atoms with E-state index < -0.39 is 5.82 Å². The average molecular weight is 349 g/mol. The Labute approximate surface area is 125 Å². The van der Waals surface area contributed by atoms with Crippen molar-refractivity contribution in [2.24, 2.45) is 11.3 Å². The molecule has 0 heterocycles. The molecule has 0 radical (unpaired) electrons. The van der Waals surface area contributed by atoms with Crippen molar-refractivity contribution in [2.75, 3.05) is 5.32 Å². The standard InChI is InChI=1S/C14H16BrClFNO/c1-14(2)5-3-4-9(14)13(19)18-12-10(15)6-8(17)7-11(12)16/h6-7,9H,3-5H2,1-2H3,(H,18,19). The number of hydrogen-bond acceptors (Lipinski definition) is 1. The number of halogens is 3. The molecule has 2 nitrogen and oxygen atoms in total. The Kier molecular flexibility index (Phi) is 4.21. The predicted molar refractivity (Wildman–Crippen MR) is 78.9 cm³/mol. The Balaban J connectivity index is 2.20. The monoisotopic (exact) mass is 347 g/mol. The molecule has 104 valence electrons. The summed E-state index contributed by atoms with van der Waals surface area (Å²) in [7, 11) is 0. The topological polar surface area (TPSA) is 29.1 Å². The first-order valence-corrected chi connectivity index (χ1v) is 7.44. The lowest BCUT2D eigenvalue weighted by atomic mass is 9.81. The Bertz CT molecular complexity index is 495. The fraction of sp³-hybridized carbons (Fsp3) is 0.500. The molecule has 1 amide bonds. The maximum Gasteiger partial charge on any atom is 0.228 e. The molecule has 1 aliphatic rings. The molecule has 1 aromatic rings. The first kappa shape index (κ1) is 14.8. The Morgan fingerprint density at radius 1 is 1.53 bits per heavy atom. The van der Waals surface area contributed by atoms with Crippen molar-refractivity contribution in [3.63, 3.8) is 0 Å². The third-order valence-electron chi connectivity index (χ3n) is 3.83. The van der Waals surface area contributed by atoms with E-state index in [0.29, 0.717) is 10.2 Å². The van der Waals surface area contributed by atoms with E-state index in [2.05, 4.69) is 35.1 Å². The second kappa shape index (κ2) is 5.41. The lowest BCUT2D eigenvalue weighted by Crippen LogP contribution is -2.31. The fourth-order valence-electron chi connectivity index (χ4n) is 2.68. The Hall–Kier alpha value is -0.610. The summed E-state index contributed by atoms with van der Waals surface area (Å²) < 4.78 is 13.6. The largest absolute Gasteiger partial charge is 0.324 e. The minimum absolute atomic E-state index is 0.00304. The molecule has 0 saturated heterocycles. The molecule has 1 aromatic carbocycles. The number of amides is 1. The number of carbonyl (C=O) groups is 1. The van der Waals surface area contributed by atoms with Crippen LogP contribution in [-0.2, 0) is 4.79 Å². The van der Waals surface area contributed by atoms with Gasteiger partial charge in [0.2, 0.25) is 5.91 Å². The number of anilines is 1. The first-order valence-electron chi connectivity index (χ1n) is 6.26. The van der Waals surface area contributed by atoms with Crippen molar-refractivity contribution >= 4 is 39.1 Å².